The third-order valence-electron chi connectivity index (χ3n) is 3.11. The van der Waals surface area contributed by atoms with Gasteiger partial charge < -0.3 is 14.6 Å². The van der Waals surface area contributed by atoms with E-state index in [-0.39, 0.29) is 5.91 Å². The summed E-state index contributed by atoms with van der Waals surface area (Å²) in [6, 6.07) is 7.49. The molecule has 2 aromatic rings. The number of benzene rings is 1. The van der Waals surface area contributed by atoms with Crippen LogP contribution in [0.4, 0.5) is 5.69 Å². The lowest BCUT2D eigenvalue weighted by molar-refractivity contribution is 0.0773. The molecule has 1 heterocycles. The van der Waals surface area contributed by atoms with Crippen LogP contribution in [0.25, 0.3) is 0 Å². The van der Waals surface area contributed by atoms with Gasteiger partial charge in [0.2, 0.25) is 0 Å². The van der Waals surface area contributed by atoms with Crippen LogP contribution in [0.2, 0.25) is 0 Å². The van der Waals surface area contributed by atoms with Gasteiger partial charge in [0.05, 0.1) is 12.7 Å². The highest BCUT2D eigenvalue weighted by atomic mass is 16.3. The predicted octanol–water partition coefficient (Wildman–Crippen LogP) is 2.77. The first-order valence-corrected chi connectivity index (χ1v) is 6.75. The van der Waals surface area contributed by atoms with E-state index in [2.05, 4.69) is 10.3 Å². The van der Waals surface area contributed by atoms with Crippen molar-refractivity contribution >= 4 is 11.6 Å². The molecule has 2 rings (SSSR count). The Hall–Kier alpha value is -2.30. The number of oxazole rings is 1. The lowest BCUT2D eigenvalue weighted by Crippen LogP contribution is -2.30. The van der Waals surface area contributed by atoms with E-state index < -0.39 is 0 Å². The van der Waals surface area contributed by atoms with E-state index in [9.17, 15) is 4.79 Å². The average molecular weight is 273 g/mol. The van der Waals surface area contributed by atoms with Gasteiger partial charge in [-0.25, -0.2) is 4.98 Å². The van der Waals surface area contributed by atoms with Crippen molar-refractivity contribution in [3.63, 3.8) is 0 Å². The molecule has 20 heavy (non-hydrogen) atoms. The Morgan fingerprint density at radius 1 is 1.35 bits per heavy atom. The topological polar surface area (TPSA) is 58.4 Å². The van der Waals surface area contributed by atoms with Gasteiger partial charge in [-0.05, 0) is 32.0 Å². The van der Waals surface area contributed by atoms with E-state index in [4.69, 9.17) is 4.42 Å². The van der Waals surface area contributed by atoms with Crippen LogP contribution < -0.4 is 5.32 Å². The zero-order valence-corrected chi connectivity index (χ0v) is 11.8. The molecule has 0 aliphatic rings. The van der Waals surface area contributed by atoms with Crippen molar-refractivity contribution in [2.75, 3.05) is 18.4 Å². The van der Waals surface area contributed by atoms with E-state index >= 15 is 0 Å². The lowest BCUT2D eigenvalue weighted by Gasteiger charge is -2.19. The second-order valence-electron chi connectivity index (χ2n) is 4.38. The molecule has 0 aliphatic heterocycles. The third-order valence-corrected chi connectivity index (χ3v) is 3.11. The maximum absolute atomic E-state index is 12.3. The number of carbonyl (C=O) groups excluding carboxylic acids is 1. The molecule has 5 nitrogen and oxygen atoms in total. The van der Waals surface area contributed by atoms with Crippen molar-refractivity contribution in [2.45, 2.75) is 20.4 Å². The molecule has 1 aromatic heterocycles. The summed E-state index contributed by atoms with van der Waals surface area (Å²) in [6.45, 7) is 5.93. The van der Waals surface area contributed by atoms with Crippen LogP contribution in [0, 0.1) is 0 Å². The summed E-state index contributed by atoms with van der Waals surface area (Å²) in [4.78, 5) is 17.9. The summed E-state index contributed by atoms with van der Waals surface area (Å²) in [5.74, 6) is 0.809. The van der Waals surface area contributed by atoms with Gasteiger partial charge in [-0.2, -0.15) is 0 Å². The SMILES string of the molecule is CCN(CC)C(=O)c1cccc(NCc2cnco2)c1. The molecular weight excluding hydrogens is 254 g/mol. The van der Waals surface area contributed by atoms with Gasteiger partial charge in [0, 0.05) is 24.3 Å². The van der Waals surface area contributed by atoms with Crippen LogP contribution in [-0.4, -0.2) is 28.9 Å². The maximum atomic E-state index is 12.3. The standard InChI is InChI=1S/C15H19N3O2/c1-3-18(4-2)15(19)12-6-5-7-13(8-12)17-10-14-9-16-11-20-14/h5-9,11,17H,3-4,10H2,1-2H3. The number of rotatable bonds is 6. The fraction of sp³-hybridized carbons (Fsp3) is 0.333. The highest BCUT2D eigenvalue weighted by Crippen LogP contribution is 2.14. The first kappa shape index (κ1) is 14.1. The number of nitrogens with one attached hydrogen (secondary N) is 1. The summed E-state index contributed by atoms with van der Waals surface area (Å²) in [5.41, 5.74) is 1.58. The summed E-state index contributed by atoms with van der Waals surface area (Å²) in [5, 5.41) is 3.21. The summed E-state index contributed by atoms with van der Waals surface area (Å²) >= 11 is 0. The van der Waals surface area contributed by atoms with Crippen molar-refractivity contribution in [2.24, 2.45) is 0 Å². The van der Waals surface area contributed by atoms with Crippen LogP contribution in [0.3, 0.4) is 0 Å². The molecule has 0 bridgehead atoms. The average Bonchev–Trinajstić information content (AvgIpc) is 3.00. The monoisotopic (exact) mass is 273 g/mol. The quantitative estimate of drug-likeness (QED) is 0.879. The number of hydrogen-bond acceptors (Lipinski definition) is 4. The Kier molecular flexibility index (Phi) is 4.76. The predicted molar refractivity (Wildman–Crippen MR) is 77.5 cm³/mol. The minimum absolute atomic E-state index is 0.0540. The molecule has 1 N–H and O–H groups in total. The molecule has 0 atom stereocenters. The zero-order valence-electron chi connectivity index (χ0n) is 11.8. The Balaban J connectivity index is 2.05. The van der Waals surface area contributed by atoms with Crippen molar-refractivity contribution in [3.8, 4) is 0 Å². The van der Waals surface area contributed by atoms with Gasteiger partial charge in [-0.1, -0.05) is 6.07 Å². The maximum Gasteiger partial charge on any atom is 0.253 e. The minimum atomic E-state index is 0.0540. The minimum Gasteiger partial charge on any atom is -0.447 e. The molecule has 0 fully saturated rings. The van der Waals surface area contributed by atoms with E-state index in [1.165, 1.54) is 6.39 Å². The van der Waals surface area contributed by atoms with Crippen molar-refractivity contribution in [1.82, 2.24) is 9.88 Å². The van der Waals surface area contributed by atoms with Gasteiger partial charge in [0.25, 0.3) is 5.91 Å². The van der Waals surface area contributed by atoms with Gasteiger partial charge in [-0.3, -0.25) is 4.79 Å². The number of amides is 1. The Morgan fingerprint density at radius 2 is 2.15 bits per heavy atom. The summed E-state index contributed by atoms with van der Waals surface area (Å²) in [6.07, 6.45) is 3.06. The van der Waals surface area contributed by atoms with Crippen molar-refractivity contribution in [3.05, 3.63) is 48.2 Å². The Bertz CT molecular complexity index is 548. The van der Waals surface area contributed by atoms with Gasteiger partial charge >= 0.3 is 0 Å². The van der Waals surface area contributed by atoms with E-state index in [0.717, 1.165) is 11.4 Å². The van der Waals surface area contributed by atoms with Crippen molar-refractivity contribution in [1.29, 1.82) is 0 Å². The molecule has 5 heteroatoms. The number of nitrogens with zero attached hydrogens (tertiary/aromatic N) is 2. The summed E-state index contributed by atoms with van der Waals surface area (Å²) in [7, 11) is 0. The first-order chi connectivity index (χ1) is 9.74. The summed E-state index contributed by atoms with van der Waals surface area (Å²) < 4.78 is 5.16. The van der Waals surface area contributed by atoms with Gasteiger partial charge in [0.1, 0.15) is 5.76 Å². The van der Waals surface area contributed by atoms with Crippen LogP contribution >= 0.6 is 0 Å². The van der Waals surface area contributed by atoms with Gasteiger partial charge in [-0.15, -0.1) is 0 Å². The zero-order chi connectivity index (χ0) is 14.4. The Morgan fingerprint density at radius 3 is 2.80 bits per heavy atom. The number of aromatic nitrogens is 1. The molecule has 0 aliphatic carbocycles. The Labute approximate surface area is 118 Å². The molecule has 0 spiro atoms. The smallest absolute Gasteiger partial charge is 0.253 e. The molecule has 1 aromatic carbocycles. The number of carbonyl (C=O) groups is 1. The first-order valence-electron chi connectivity index (χ1n) is 6.75. The third kappa shape index (κ3) is 3.38. The number of hydrogen-bond donors (Lipinski definition) is 1. The fourth-order valence-electron chi connectivity index (χ4n) is 1.97. The van der Waals surface area contributed by atoms with Crippen LogP contribution in [0.1, 0.15) is 30.0 Å². The highest BCUT2D eigenvalue weighted by molar-refractivity contribution is 5.95. The largest absolute Gasteiger partial charge is 0.447 e. The lowest BCUT2D eigenvalue weighted by atomic mass is 10.1. The van der Waals surface area contributed by atoms with Crippen LogP contribution in [-0.2, 0) is 6.54 Å². The van der Waals surface area contributed by atoms with Gasteiger partial charge in [0.15, 0.2) is 6.39 Å². The highest BCUT2D eigenvalue weighted by Gasteiger charge is 2.12. The van der Waals surface area contributed by atoms with E-state index in [1.54, 1.807) is 11.1 Å². The molecular formula is C15H19N3O2. The molecule has 0 saturated heterocycles. The van der Waals surface area contributed by atoms with Crippen LogP contribution in [0.15, 0.2) is 41.3 Å². The molecule has 1 amide bonds. The van der Waals surface area contributed by atoms with E-state index in [1.807, 2.05) is 38.1 Å². The number of anilines is 1. The van der Waals surface area contributed by atoms with E-state index in [0.29, 0.717) is 25.2 Å². The molecule has 0 unspecified atom stereocenters. The normalized spacial score (nSPS) is 10.3. The second kappa shape index (κ2) is 6.75. The molecule has 106 valence electrons. The van der Waals surface area contributed by atoms with Crippen molar-refractivity contribution < 1.29 is 9.21 Å². The molecule has 0 radical (unpaired) electrons. The molecule has 0 saturated carbocycles. The fourth-order valence-corrected chi connectivity index (χ4v) is 1.97. The second-order valence-corrected chi connectivity index (χ2v) is 4.38. The van der Waals surface area contributed by atoms with Crippen LogP contribution in [0.5, 0.6) is 0 Å².